The zero-order chi connectivity index (χ0) is 16.0. The van der Waals surface area contributed by atoms with Gasteiger partial charge < -0.3 is 10.0 Å². The number of hydrogen-bond donors (Lipinski definition) is 1. The van der Waals surface area contributed by atoms with E-state index >= 15 is 0 Å². The van der Waals surface area contributed by atoms with Gasteiger partial charge in [-0.15, -0.1) is 0 Å². The van der Waals surface area contributed by atoms with E-state index in [1.807, 2.05) is 24.3 Å². The van der Waals surface area contributed by atoms with Gasteiger partial charge in [0.15, 0.2) is 6.29 Å². The summed E-state index contributed by atoms with van der Waals surface area (Å²) in [4.78, 5) is 26.1. The number of rotatable bonds is 2. The van der Waals surface area contributed by atoms with E-state index in [9.17, 15) is 14.7 Å². The highest BCUT2D eigenvalue weighted by molar-refractivity contribution is 6.09. The standard InChI is InChI=1S/C19H19NO3/c21-11-12-9-15-16(14-6-2-1-5-13(12)14)10-20(19(15)23)17-7-3-4-8-18(17)22/h1-2,5-6,9,11,17-18,22H,3-4,7-8,10H2/t17-,18-/m0/s1. The van der Waals surface area contributed by atoms with Crippen molar-refractivity contribution in [3.05, 3.63) is 47.0 Å². The second kappa shape index (κ2) is 5.46. The second-order valence-corrected chi connectivity index (χ2v) is 6.51. The lowest BCUT2D eigenvalue weighted by Gasteiger charge is -2.35. The normalized spacial score (nSPS) is 24.0. The van der Waals surface area contributed by atoms with Crippen molar-refractivity contribution < 1.29 is 14.7 Å². The molecule has 1 N–H and O–H groups in total. The Morgan fingerprint density at radius 1 is 1.13 bits per heavy atom. The van der Waals surface area contributed by atoms with Crippen LogP contribution in [0.4, 0.5) is 0 Å². The SMILES string of the molecule is O=Cc1cc2c(c3ccccc13)CN([C@H]1CCCC[C@@H]1O)C2=O. The number of fused-ring (bicyclic) bond motifs is 3. The van der Waals surface area contributed by atoms with Crippen molar-refractivity contribution in [3.63, 3.8) is 0 Å². The maximum Gasteiger partial charge on any atom is 0.254 e. The molecule has 0 saturated heterocycles. The molecule has 4 rings (SSSR count). The molecule has 1 aliphatic heterocycles. The van der Waals surface area contributed by atoms with E-state index < -0.39 is 6.10 Å². The smallest absolute Gasteiger partial charge is 0.254 e. The Kier molecular flexibility index (Phi) is 3.42. The van der Waals surface area contributed by atoms with Crippen molar-refractivity contribution in [2.45, 2.75) is 44.4 Å². The summed E-state index contributed by atoms with van der Waals surface area (Å²) in [6, 6.07) is 9.32. The van der Waals surface area contributed by atoms with Crippen LogP contribution >= 0.6 is 0 Å². The van der Waals surface area contributed by atoms with Crippen molar-refractivity contribution in [2.24, 2.45) is 0 Å². The molecule has 0 unspecified atom stereocenters. The first kappa shape index (κ1) is 14.4. The molecule has 2 aromatic carbocycles. The molecule has 2 atom stereocenters. The molecule has 0 radical (unpaired) electrons. The van der Waals surface area contributed by atoms with Gasteiger partial charge in [0.2, 0.25) is 0 Å². The van der Waals surface area contributed by atoms with Crippen LogP contribution in [0, 0.1) is 0 Å². The van der Waals surface area contributed by atoms with Crippen LogP contribution in [0.1, 0.15) is 52.0 Å². The van der Waals surface area contributed by atoms with Crippen LogP contribution in [0.15, 0.2) is 30.3 Å². The highest BCUT2D eigenvalue weighted by atomic mass is 16.3. The third kappa shape index (κ3) is 2.17. The minimum atomic E-state index is -0.446. The molecule has 4 nitrogen and oxygen atoms in total. The number of aldehydes is 1. The molecule has 2 aromatic rings. The van der Waals surface area contributed by atoms with E-state index in [-0.39, 0.29) is 11.9 Å². The average Bonchev–Trinajstić information content (AvgIpc) is 2.91. The minimum absolute atomic E-state index is 0.0557. The van der Waals surface area contributed by atoms with Crippen molar-refractivity contribution in [1.29, 1.82) is 0 Å². The molecule has 1 fully saturated rings. The second-order valence-electron chi connectivity index (χ2n) is 6.51. The summed E-state index contributed by atoms with van der Waals surface area (Å²) < 4.78 is 0. The number of aliphatic hydroxyl groups is 1. The van der Waals surface area contributed by atoms with Gasteiger partial charge in [0.25, 0.3) is 5.91 Å². The first-order valence-electron chi connectivity index (χ1n) is 8.19. The van der Waals surface area contributed by atoms with Gasteiger partial charge in [0.05, 0.1) is 12.1 Å². The van der Waals surface area contributed by atoms with E-state index in [0.717, 1.165) is 48.3 Å². The minimum Gasteiger partial charge on any atom is -0.391 e. The van der Waals surface area contributed by atoms with Gasteiger partial charge in [0.1, 0.15) is 0 Å². The van der Waals surface area contributed by atoms with E-state index in [4.69, 9.17) is 0 Å². The fourth-order valence-electron chi connectivity index (χ4n) is 4.04. The zero-order valence-electron chi connectivity index (χ0n) is 12.9. The summed E-state index contributed by atoms with van der Waals surface area (Å²) in [5.74, 6) is -0.0557. The summed E-state index contributed by atoms with van der Waals surface area (Å²) in [6.07, 6.45) is 4.03. The van der Waals surface area contributed by atoms with Gasteiger partial charge in [-0.05, 0) is 35.2 Å². The highest BCUT2D eigenvalue weighted by Crippen LogP contribution is 2.36. The number of carbonyl (C=O) groups excluding carboxylic acids is 2. The van der Waals surface area contributed by atoms with Crippen molar-refractivity contribution in [3.8, 4) is 0 Å². The Labute approximate surface area is 134 Å². The molecular weight excluding hydrogens is 290 g/mol. The van der Waals surface area contributed by atoms with E-state index in [1.165, 1.54) is 0 Å². The molecule has 0 spiro atoms. The number of nitrogens with zero attached hydrogens (tertiary/aromatic N) is 1. The van der Waals surface area contributed by atoms with Crippen molar-refractivity contribution >= 4 is 23.0 Å². The summed E-state index contributed by atoms with van der Waals surface area (Å²) >= 11 is 0. The van der Waals surface area contributed by atoms with Crippen LogP contribution in [0.5, 0.6) is 0 Å². The monoisotopic (exact) mass is 309 g/mol. The van der Waals surface area contributed by atoms with Gasteiger partial charge >= 0.3 is 0 Å². The number of amides is 1. The molecule has 4 heteroatoms. The number of aliphatic hydroxyl groups excluding tert-OH is 1. The van der Waals surface area contributed by atoms with Gasteiger partial charge in [0, 0.05) is 17.7 Å². The molecule has 2 aliphatic rings. The van der Waals surface area contributed by atoms with Gasteiger partial charge in [-0.1, -0.05) is 37.1 Å². The Balaban J connectivity index is 1.82. The summed E-state index contributed by atoms with van der Waals surface area (Å²) in [5.41, 5.74) is 2.15. The molecule has 0 aromatic heterocycles. The van der Waals surface area contributed by atoms with E-state index in [2.05, 4.69) is 0 Å². The maximum absolute atomic E-state index is 12.9. The van der Waals surface area contributed by atoms with Crippen molar-refractivity contribution in [2.75, 3.05) is 0 Å². The molecular formula is C19H19NO3. The average molecular weight is 309 g/mol. The quantitative estimate of drug-likeness (QED) is 0.868. The number of hydrogen-bond acceptors (Lipinski definition) is 3. The summed E-state index contributed by atoms with van der Waals surface area (Å²) in [5, 5.41) is 12.1. The first-order chi connectivity index (χ1) is 11.2. The lowest BCUT2D eigenvalue weighted by atomic mass is 9.91. The Hall–Kier alpha value is -2.20. The first-order valence-corrected chi connectivity index (χ1v) is 8.19. The number of carbonyl (C=O) groups is 2. The fourth-order valence-corrected chi connectivity index (χ4v) is 4.04. The lowest BCUT2D eigenvalue weighted by molar-refractivity contribution is 0.0192. The van der Waals surface area contributed by atoms with Crippen LogP contribution < -0.4 is 0 Å². The molecule has 1 saturated carbocycles. The third-order valence-corrected chi connectivity index (χ3v) is 5.23. The Morgan fingerprint density at radius 3 is 2.61 bits per heavy atom. The summed E-state index contributed by atoms with van der Waals surface area (Å²) in [6.45, 7) is 0.523. The molecule has 1 amide bonds. The largest absolute Gasteiger partial charge is 0.391 e. The van der Waals surface area contributed by atoms with Crippen LogP contribution in [0.2, 0.25) is 0 Å². The van der Waals surface area contributed by atoms with Gasteiger partial charge in [-0.2, -0.15) is 0 Å². The highest BCUT2D eigenvalue weighted by Gasteiger charge is 2.38. The lowest BCUT2D eigenvalue weighted by Crippen LogP contribution is -2.45. The van der Waals surface area contributed by atoms with Crippen molar-refractivity contribution in [1.82, 2.24) is 4.90 Å². The maximum atomic E-state index is 12.9. The molecule has 1 aliphatic carbocycles. The van der Waals surface area contributed by atoms with E-state index in [0.29, 0.717) is 17.7 Å². The van der Waals surface area contributed by atoms with Gasteiger partial charge in [-0.3, -0.25) is 9.59 Å². The van der Waals surface area contributed by atoms with Crippen LogP contribution in [0.25, 0.3) is 10.8 Å². The fraction of sp³-hybridized carbons (Fsp3) is 0.368. The van der Waals surface area contributed by atoms with Crippen LogP contribution in [0.3, 0.4) is 0 Å². The zero-order valence-corrected chi connectivity index (χ0v) is 12.9. The molecule has 118 valence electrons. The van der Waals surface area contributed by atoms with Crippen LogP contribution in [-0.2, 0) is 6.54 Å². The van der Waals surface area contributed by atoms with E-state index in [1.54, 1.807) is 11.0 Å². The molecule has 0 bridgehead atoms. The predicted molar refractivity (Wildman–Crippen MR) is 87.5 cm³/mol. The topological polar surface area (TPSA) is 57.6 Å². The third-order valence-electron chi connectivity index (χ3n) is 5.23. The molecule has 23 heavy (non-hydrogen) atoms. The summed E-state index contributed by atoms with van der Waals surface area (Å²) in [7, 11) is 0. The number of benzene rings is 2. The Bertz CT molecular complexity index is 799. The van der Waals surface area contributed by atoms with Crippen LogP contribution in [-0.4, -0.2) is 34.3 Å². The van der Waals surface area contributed by atoms with Gasteiger partial charge in [-0.25, -0.2) is 0 Å². The molecule has 1 heterocycles. The Morgan fingerprint density at radius 2 is 1.87 bits per heavy atom. The predicted octanol–water partition coefficient (Wildman–Crippen LogP) is 2.91.